The molecule has 0 heterocycles. The first kappa shape index (κ1) is 15.2. The molecular weight excluding hydrogens is 192 g/mol. The summed E-state index contributed by atoms with van der Waals surface area (Å²) in [4.78, 5) is 0. The molecule has 0 aromatic heterocycles. The molecule has 1 rings (SSSR count). The van der Waals surface area contributed by atoms with Gasteiger partial charge in [-0.1, -0.05) is 65.8 Å². The van der Waals surface area contributed by atoms with Crippen molar-refractivity contribution in [2.75, 3.05) is 0 Å². The van der Waals surface area contributed by atoms with Crippen molar-refractivity contribution in [2.45, 2.75) is 54.4 Å². The number of hydrogen-bond acceptors (Lipinski definition) is 0. The van der Waals surface area contributed by atoms with Crippen molar-refractivity contribution in [3.63, 3.8) is 0 Å². The van der Waals surface area contributed by atoms with Crippen LogP contribution in [0, 0.1) is 11.8 Å². The summed E-state index contributed by atoms with van der Waals surface area (Å²) in [5, 5.41) is 0. The molecule has 0 spiro atoms. The molecule has 16 heavy (non-hydrogen) atoms. The Balaban J connectivity index is 0.00000106. The maximum Gasteiger partial charge on any atom is -0.0256 e. The lowest BCUT2D eigenvalue weighted by Gasteiger charge is -2.09. The van der Waals surface area contributed by atoms with Crippen LogP contribution < -0.4 is 0 Å². The smallest absolute Gasteiger partial charge is 0.0256 e. The summed E-state index contributed by atoms with van der Waals surface area (Å²) in [5.74, 6) is 1.51. The van der Waals surface area contributed by atoms with E-state index in [9.17, 15) is 0 Å². The van der Waals surface area contributed by atoms with Gasteiger partial charge in [-0.05, 0) is 35.8 Å². The molecule has 0 bridgehead atoms. The first-order valence-electron chi connectivity index (χ1n) is 6.65. The molecule has 0 aliphatic carbocycles. The van der Waals surface area contributed by atoms with Crippen LogP contribution in [0.5, 0.6) is 0 Å². The van der Waals surface area contributed by atoms with Crippen LogP contribution in [0.3, 0.4) is 0 Å². The molecule has 1 aromatic rings. The van der Waals surface area contributed by atoms with Gasteiger partial charge in [0.25, 0.3) is 0 Å². The van der Waals surface area contributed by atoms with Gasteiger partial charge in [-0.2, -0.15) is 0 Å². The maximum absolute atomic E-state index is 2.36. The van der Waals surface area contributed by atoms with Crippen molar-refractivity contribution in [3.05, 3.63) is 35.4 Å². The molecule has 0 N–H and O–H groups in total. The molecule has 92 valence electrons. The van der Waals surface area contributed by atoms with E-state index in [0.717, 1.165) is 11.8 Å². The average Bonchev–Trinajstić information content (AvgIpc) is 2.19. The zero-order valence-electron chi connectivity index (χ0n) is 11.9. The van der Waals surface area contributed by atoms with Crippen LogP contribution in [0.1, 0.15) is 52.7 Å². The van der Waals surface area contributed by atoms with Crippen LogP contribution in [0.15, 0.2) is 24.3 Å². The summed E-state index contributed by atoms with van der Waals surface area (Å²) >= 11 is 0. The third kappa shape index (κ3) is 6.66. The highest BCUT2D eigenvalue weighted by Crippen LogP contribution is 2.13. The molecule has 0 aliphatic heterocycles. The van der Waals surface area contributed by atoms with Crippen molar-refractivity contribution >= 4 is 0 Å². The number of hydrogen-bond donors (Lipinski definition) is 0. The fraction of sp³-hybridized carbons (Fsp3) is 0.625. The van der Waals surface area contributed by atoms with Crippen molar-refractivity contribution in [3.8, 4) is 0 Å². The molecule has 0 nitrogen and oxygen atoms in total. The van der Waals surface area contributed by atoms with Crippen LogP contribution in [0.25, 0.3) is 0 Å². The summed E-state index contributed by atoms with van der Waals surface area (Å²) < 4.78 is 0. The average molecular weight is 220 g/mol. The third-order valence-corrected chi connectivity index (χ3v) is 2.28. The second-order valence-corrected chi connectivity index (χ2v) is 5.02. The van der Waals surface area contributed by atoms with Gasteiger partial charge in [0.1, 0.15) is 0 Å². The normalized spacial score (nSPS) is 10.2. The quantitative estimate of drug-likeness (QED) is 0.661. The SMILES string of the molecule is CC.CC(C)Cc1cccc(CC(C)C)c1. The fourth-order valence-electron chi connectivity index (χ4n) is 1.83. The lowest BCUT2D eigenvalue weighted by Crippen LogP contribution is -1.97. The third-order valence-electron chi connectivity index (χ3n) is 2.28. The second kappa shape index (κ2) is 8.38. The standard InChI is InChI=1S/C14H22.C2H6/c1-11(2)8-13-6-5-7-14(10-13)9-12(3)4;1-2/h5-7,10-12H,8-9H2,1-4H3;1-2H3. The van der Waals surface area contributed by atoms with Crippen molar-refractivity contribution < 1.29 is 0 Å². The highest BCUT2D eigenvalue weighted by atomic mass is 14.1. The molecular formula is C16H28. The van der Waals surface area contributed by atoms with Crippen LogP contribution in [-0.4, -0.2) is 0 Å². The largest absolute Gasteiger partial charge is 0.0683 e. The summed E-state index contributed by atoms with van der Waals surface area (Å²) in [7, 11) is 0. The van der Waals surface area contributed by atoms with Crippen molar-refractivity contribution in [1.29, 1.82) is 0 Å². The molecule has 0 saturated carbocycles. The summed E-state index contributed by atoms with van der Waals surface area (Å²) in [5.41, 5.74) is 2.97. The first-order valence-corrected chi connectivity index (χ1v) is 6.65. The molecule has 0 aliphatic rings. The number of rotatable bonds is 4. The van der Waals surface area contributed by atoms with Gasteiger partial charge < -0.3 is 0 Å². The molecule has 0 unspecified atom stereocenters. The van der Waals surface area contributed by atoms with Gasteiger partial charge >= 0.3 is 0 Å². The van der Waals surface area contributed by atoms with Crippen molar-refractivity contribution in [1.82, 2.24) is 0 Å². The molecule has 0 heteroatoms. The van der Waals surface area contributed by atoms with Gasteiger partial charge in [0.15, 0.2) is 0 Å². The maximum atomic E-state index is 2.36. The van der Waals surface area contributed by atoms with Gasteiger partial charge in [0.05, 0.1) is 0 Å². The Kier molecular flexibility index (Phi) is 7.97. The van der Waals surface area contributed by atoms with Crippen LogP contribution in [-0.2, 0) is 12.8 Å². The van der Waals surface area contributed by atoms with E-state index in [0.29, 0.717) is 0 Å². The Morgan fingerprint density at radius 1 is 0.812 bits per heavy atom. The van der Waals surface area contributed by atoms with Crippen LogP contribution in [0.2, 0.25) is 0 Å². The van der Waals surface area contributed by atoms with Crippen molar-refractivity contribution in [2.24, 2.45) is 11.8 Å². The molecule has 0 fully saturated rings. The van der Waals surface area contributed by atoms with Crippen LogP contribution in [0.4, 0.5) is 0 Å². The summed E-state index contributed by atoms with van der Waals surface area (Å²) in [6.07, 6.45) is 2.40. The van der Waals surface area contributed by atoms with Gasteiger partial charge in [-0.25, -0.2) is 0 Å². The van der Waals surface area contributed by atoms with Gasteiger partial charge in [-0.15, -0.1) is 0 Å². The monoisotopic (exact) mass is 220 g/mol. The Hall–Kier alpha value is -0.780. The second-order valence-electron chi connectivity index (χ2n) is 5.02. The van der Waals surface area contributed by atoms with Gasteiger partial charge in [0, 0.05) is 0 Å². The molecule has 0 radical (unpaired) electrons. The van der Waals surface area contributed by atoms with E-state index >= 15 is 0 Å². The van der Waals surface area contributed by atoms with E-state index in [4.69, 9.17) is 0 Å². The highest BCUT2D eigenvalue weighted by molar-refractivity contribution is 5.24. The minimum Gasteiger partial charge on any atom is -0.0683 e. The summed E-state index contributed by atoms with van der Waals surface area (Å²) in [6, 6.07) is 9.03. The highest BCUT2D eigenvalue weighted by Gasteiger charge is 2.01. The van der Waals surface area contributed by atoms with E-state index < -0.39 is 0 Å². The minimum atomic E-state index is 0.754. The number of benzene rings is 1. The Bertz CT molecular complexity index is 246. The minimum absolute atomic E-state index is 0.754. The lowest BCUT2D eigenvalue weighted by molar-refractivity contribution is 0.636. The fourth-order valence-corrected chi connectivity index (χ4v) is 1.83. The zero-order valence-corrected chi connectivity index (χ0v) is 11.9. The lowest BCUT2D eigenvalue weighted by atomic mass is 9.97. The Morgan fingerprint density at radius 3 is 1.50 bits per heavy atom. The first-order chi connectivity index (χ1) is 7.58. The topological polar surface area (TPSA) is 0 Å². The van der Waals surface area contributed by atoms with Gasteiger partial charge in [0.2, 0.25) is 0 Å². The van der Waals surface area contributed by atoms with E-state index in [1.165, 1.54) is 24.0 Å². The predicted molar refractivity (Wildman–Crippen MR) is 74.9 cm³/mol. The van der Waals surface area contributed by atoms with E-state index in [2.05, 4.69) is 52.0 Å². The predicted octanol–water partition coefficient (Wildman–Crippen LogP) is 5.11. The van der Waals surface area contributed by atoms with E-state index in [-0.39, 0.29) is 0 Å². The molecule has 0 amide bonds. The molecule has 0 saturated heterocycles. The Morgan fingerprint density at radius 2 is 1.19 bits per heavy atom. The van der Waals surface area contributed by atoms with Crippen LogP contribution >= 0.6 is 0 Å². The van der Waals surface area contributed by atoms with Gasteiger partial charge in [-0.3, -0.25) is 0 Å². The van der Waals surface area contributed by atoms with E-state index in [1.54, 1.807) is 0 Å². The van der Waals surface area contributed by atoms with E-state index in [1.807, 2.05) is 13.8 Å². The molecule has 0 atom stereocenters. The summed E-state index contributed by atoms with van der Waals surface area (Å²) in [6.45, 7) is 13.1. The Labute approximate surface area is 102 Å². The zero-order chi connectivity index (χ0) is 12.6. The molecule has 1 aromatic carbocycles.